The van der Waals surface area contributed by atoms with Crippen LogP contribution in [-0.2, 0) is 13.5 Å². The highest BCUT2D eigenvalue weighted by atomic mass is 16.3. The highest BCUT2D eigenvalue weighted by molar-refractivity contribution is 5.92. The molecule has 2 aromatic rings. The summed E-state index contributed by atoms with van der Waals surface area (Å²) in [6.45, 7) is 5.38. The molecular formula is C16H24N2O. The van der Waals surface area contributed by atoms with Gasteiger partial charge in [-0.25, -0.2) is 0 Å². The fourth-order valence-electron chi connectivity index (χ4n) is 2.66. The van der Waals surface area contributed by atoms with Crippen molar-refractivity contribution in [3.05, 3.63) is 29.5 Å². The monoisotopic (exact) mass is 260 g/mol. The zero-order valence-corrected chi connectivity index (χ0v) is 12.6. The second kappa shape index (κ2) is 5.25. The first-order valence-electron chi connectivity index (χ1n) is 6.86. The Labute approximate surface area is 115 Å². The number of likely N-dealkylation sites (N-methyl/N-ethyl adjacent to an activating group) is 1. The molecule has 0 aliphatic heterocycles. The summed E-state index contributed by atoms with van der Waals surface area (Å²) in [6, 6.07) is 3.87. The van der Waals surface area contributed by atoms with E-state index in [0.29, 0.717) is 11.7 Å². The third-order valence-corrected chi connectivity index (χ3v) is 3.66. The fraction of sp³-hybridized carbons (Fsp3) is 0.500. The summed E-state index contributed by atoms with van der Waals surface area (Å²) >= 11 is 0. The van der Waals surface area contributed by atoms with E-state index >= 15 is 0 Å². The molecule has 0 amide bonds. The maximum absolute atomic E-state index is 10.2. The summed E-state index contributed by atoms with van der Waals surface area (Å²) in [7, 11) is 6.21. The van der Waals surface area contributed by atoms with Gasteiger partial charge < -0.3 is 14.6 Å². The van der Waals surface area contributed by atoms with Crippen LogP contribution >= 0.6 is 0 Å². The lowest BCUT2D eigenvalue weighted by Crippen LogP contribution is -2.14. The van der Waals surface area contributed by atoms with Crippen molar-refractivity contribution in [2.24, 2.45) is 7.05 Å². The number of fused-ring (bicyclic) bond motifs is 1. The minimum atomic E-state index is 0.397. The SMILES string of the molecule is CC(C)c1ccc(O)c2c(CCN(C)C)cn(C)c12. The number of nitrogens with zero attached hydrogens (tertiary/aromatic N) is 2. The number of aromatic nitrogens is 1. The molecule has 2 rings (SSSR count). The predicted molar refractivity (Wildman–Crippen MR) is 80.9 cm³/mol. The van der Waals surface area contributed by atoms with E-state index in [4.69, 9.17) is 0 Å². The number of aryl methyl sites for hydroxylation is 1. The highest BCUT2D eigenvalue weighted by Gasteiger charge is 2.16. The Morgan fingerprint density at radius 2 is 1.95 bits per heavy atom. The fourth-order valence-corrected chi connectivity index (χ4v) is 2.66. The molecule has 0 spiro atoms. The summed E-state index contributed by atoms with van der Waals surface area (Å²) in [4.78, 5) is 2.17. The van der Waals surface area contributed by atoms with E-state index in [2.05, 4.69) is 50.7 Å². The number of phenols is 1. The topological polar surface area (TPSA) is 28.4 Å². The van der Waals surface area contributed by atoms with Crippen LogP contribution in [0, 0.1) is 0 Å². The van der Waals surface area contributed by atoms with Crippen molar-refractivity contribution >= 4 is 10.9 Å². The van der Waals surface area contributed by atoms with E-state index in [9.17, 15) is 5.11 Å². The Bertz CT molecular complexity index is 582. The minimum absolute atomic E-state index is 0.397. The van der Waals surface area contributed by atoms with Crippen LogP contribution in [0.15, 0.2) is 18.3 Å². The third kappa shape index (κ3) is 2.61. The average Bonchev–Trinajstić information content (AvgIpc) is 2.65. The molecule has 1 N–H and O–H groups in total. The van der Waals surface area contributed by atoms with Crippen molar-refractivity contribution in [2.75, 3.05) is 20.6 Å². The normalized spacial score (nSPS) is 11.9. The smallest absolute Gasteiger partial charge is 0.125 e. The van der Waals surface area contributed by atoms with Crippen LogP contribution in [-0.4, -0.2) is 35.2 Å². The lowest BCUT2D eigenvalue weighted by atomic mass is 9.98. The molecule has 0 saturated carbocycles. The minimum Gasteiger partial charge on any atom is -0.507 e. The zero-order valence-electron chi connectivity index (χ0n) is 12.6. The summed E-state index contributed by atoms with van der Waals surface area (Å²) in [5, 5.41) is 11.2. The van der Waals surface area contributed by atoms with Gasteiger partial charge in [-0.2, -0.15) is 0 Å². The Morgan fingerprint density at radius 1 is 1.26 bits per heavy atom. The van der Waals surface area contributed by atoms with Crippen LogP contribution in [0.2, 0.25) is 0 Å². The van der Waals surface area contributed by atoms with Crippen molar-refractivity contribution in [3.8, 4) is 5.75 Å². The summed E-state index contributed by atoms with van der Waals surface area (Å²) in [5.41, 5.74) is 3.70. The first-order chi connectivity index (χ1) is 8.91. The van der Waals surface area contributed by atoms with Crippen LogP contribution in [0.4, 0.5) is 0 Å². The van der Waals surface area contributed by atoms with Gasteiger partial charge in [-0.3, -0.25) is 0 Å². The van der Waals surface area contributed by atoms with Crippen LogP contribution in [0.25, 0.3) is 10.9 Å². The van der Waals surface area contributed by atoms with Gasteiger partial charge in [-0.05, 0) is 43.6 Å². The largest absolute Gasteiger partial charge is 0.507 e. The zero-order chi connectivity index (χ0) is 14.2. The molecule has 1 aromatic heterocycles. The summed E-state index contributed by atoms with van der Waals surface area (Å²) in [6.07, 6.45) is 3.11. The van der Waals surface area contributed by atoms with Gasteiger partial charge in [0.05, 0.1) is 5.52 Å². The number of phenolic OH excluding ortho intramolecular Hbond substituents is 1. The second-order valence-corrected chi connectivity index (χ2v) is 5.87. The van der Waals surface area contributed by atoms with Gasteiger partial charge in [0, 0.05) is 25.2 Å². The van der Waals surface area contributed by atoms with Crippen molar-refractivity contribution in [1.29, 1.82) is 0 Å². The molecular weight excluding hydrogens is 236 g/mol. The van der Waals surface area contributed by atoms with Crippen LogP contribution in [0.1, 0.15) is 30.9 Å². The number of benzene rings is 1. The van der Waals surface area contributed by atoms with Gasteiger partial charge in [0.15, 0.2) is 0 Å². The lowest BCUT2D eigenvalue weighted by molar-refractivity contribution is 0.413. The van der Waals surface area contributed by atoms with Gasteiger partial charge in [-0.15, -0.1) is 0 Å². The second-order valence-electron chi connectivity index (χ2n) is 5.87. The van der Waals surface area contributed by atoms with E-state index in [1.807, 2.05) is 12.1 Å². The predicted octanol–water partition coefficient (Wildman–Crippen LogP) is 3.11. The van der Waals surface area contributed by atoms with E-state index < -0.39 is 0 Å². The Kier molecular flexibility index (Phi) is 3.85. The molecule has 0 aliphatic rings. The molecule has 3 heteroatoms. The summed E-state index contributed by atoms with van der Waals surface area (Å²) < 4.78 is 2.15. The molecule has 0 atom stereocenters. The first-order valence-corrected chi connectivity index (χ1v) is 6.86. The third-order valence-electron chi connectivity index (χ3n) is 3.66. The number of hydrogen-bond donors (Lipinski definition) is 1. The molecule has 19 heavy (non-hydrogen) atoms. The van der Waals surface area contributed by atoms with Crippen molar-refractivity contribution in [2.45, 2.75) is 26.2 Å². The van der Waals surface area contributed by atoms with Crippen molar-refractivity contribution in [1.82, 2.24) is 9.47 Å². The van der Waals surface area contributed by atoms with Crippen LogP contribution in [0.3, 0.4) is 0 Å². The number of aromatic hydroxyl groups is 1. The summed E-state index contributed by atoms with van der Waals surface area (Å²) in [5.74, 6) is 0.854. The molecule has 0 unspecified atom stereocenters. The highest BCUT2D eigenvalue weighted by Crippen LogP contribution is 2.35. The Morgan fingerprint density at radius 3 is 2.53 bits per heavy atom. The van der Waals surface area contributed by atoms with E-state index in [1.54, 1.807) is 0 Å². The van der Waals surface area contributed by atoms with Gasteiger partial charge in [-0.1, -0.05) is 19.9 Å². The van der Waals surface area contributed by atoms with Gasteiger partial charge >= 0.3 is 0 Å². The molecule has 104 valence electrons. The Hall–Kier alpha value is -1.48. The number of rotatable bonds is 4. The van der Waals surface area contributed by atoms with Crippen LogP contribution in [0.5, 0.6) is 5.75 Å². The molecule has 0 radical (unpaired) electrons. The molecule has 0 bridgehead atoms. The lowest BCUT2D eigenvalue weighted by Gasteiger charge is -2.11. The molecule has 1 heterocycles. The van der Waals surface area contributed by atoms with Crippen molar-refractivity contribution in [3.63, 3.8) is 0 Å². The Balaban J connectivity index is 2.59. The first kappa shape index (κ1) is 13.9. The van der Waals surface area contributed by atoms with Gasteiger partial charge in [0.1, 0.15) is 5.75 Å². The molecule has 0 aliphatic carbocycles. The average molecular weight is 260 g/mol. The van der Waals surface area contributed by atoms with E-state index in [0.717, 1.165) is 18.4 Å². The van der Waals surface area contributed by atoms with Gasteiger partial charge in [0.25, 0.3) is 0 Å². The standard InChI is InChI=1S/C16H24N2O/c1-11(2)13-6-7-14(19)15-12(8-9-17(3)4)10-18(5)16(13)15/h6-7,10-11,19H,8-9H2,1-5H3. The van der Waals surface area contributed by atoms with Gasteiger partial charge in [0.2, 0.25) is 0 Å². The molecule has 0 saturated heterocycles. The number of hydrogen-bond acceptors (Lipinski definition) is 2. The van der Waals surface area contributed by atoms with E-state index in [-0.39, 0.29) is 0 Å². The van der Waals surface area contributed by atoms with Crippen molar-refractivity contribution < 1.29 is 5.11 Å². The maximum Gasteiger partial charge on any atom is 0.125 e. The van der Waals surface area contributed by atoms with Crippen LogP contribution < -0.4 is 0 Å². The molecule has 0 fully saturated rings. The molecule has 1 aromatic carbocycles. The maximum atomic E-state index is 10.2. The quantitative estimate of drug-likeness (QED) is 0.915. The van der Waals surface area contributed by atoms with E-state index in [1.165, 1.54) is 16.6 Å². The molecule has 3 nitrogen and oxygen atoms in total.